The van der Waals surface area contributed by atoms with Gasteiger partial charge in [-0.3, -0.25) is 0 Å². The second kappa shape index (κ2) is 4.11. The average molecular weight is 217 g/mol. The summed E-state index contributed by atoms with van der Waals surface area (Å²) in [6.45, 7) is 0. The number of rotatable bonds is 3. The van der Waals surface area contributed by atoms with Gasteiger partial charge in [-0.1, -0.05) is 0 Å². The average Bonchev–Trinajstić information content (AvgIpc) is 2.79. The first-order valence-corrected chi connectivity index (χ1v) is 3.96. The summed E-state index contributed by atoms with van der Waals surface area (Å²) in [6, 6.07) is 0. The Hall–Kier alpha value is -2.87. The zero-order valence-electron chi connectivity index (χ0n) is 7.67. The van der Waals surface area contributed by atoms with Crippen LogP contribution in [0.3, 0.4) is 0 Å². The van der Waals surface area contributed by atoms with Crippen LogP contribution in [0.1, 0.15) is 0 Å². The van der Waals surface area contributed by atoms with E-state index in [1.807, 2.05) is 0 Å². The smallest absolute Gasteiger partial charge is 0.249 e. The third-order valence-electron chi connectivity index (χ3n) is 1.58. The fourth-order valence-electron chi connectivity index (χ4n) is 0.996. The highest BCUT2D eigenvalue weighted by atomic mass is 16.3. The molecule has 2 aromatic heterocycles. The monoisotopic (exact) mass is 217 g/mol. The molecule has 0 bridgehead atoms. The summed E-state index contributed by atoms with van der Waals surface area (Å²) in [4.78, 5) is 24.0. The van der Waals surface area contributed by atoms with Crippen LogP contribution < -0.4 is 0 Å². The molecule has 16 heavy (non-hydrogen) atoms. The van der Waals surface area contributed by atoms with Crippen LogP contribution in [0.5, 0.6) is 0 Å². The molecule has 2 heterocycles. The summed E-state index contributed by atoms with van der Waals surface area (Å²) in [5.74, 6) is -0.0346. The third-order valence-corrected chi connectivity index (χ3v) is 1.58. The van der Waals surface area contributed by atoms with Gasteiger partial charge < -0.3 is 0 Å². The molecule has 10 heteroatoms. The van der Waals surface area contributed by atoms with Gasteiger partial charge in [-0.05, 0) is 10.6 Å². The van der Waals surface area contributed by atoms with Gasteiger partial charge in [-0.2, -0.15) is 9.67 Å². The minimum absolute atomic E-state index is 0.0346. The molecule has 0 saturated carbocycles. The number of nitrogens with zero attached hydrogens (tertiary/aromatic N) is 9. The zero-order valence-corrected chi connectivity index (χ0v) is 7.67. The maximum absolute atomic E-state index is 10.2. The molecule has 78 valence electrons. The molecule has 0 spiro atoms. The Morgan fingerprint density at radius 2 is 2.12 bits per heavy atom. The summed E-state index contributed by atoms with van der Waals surface area (Å²) in [5, 5.41) is 9.56. The van der Waals surface area contributed by atoms with Crippen LogP contribution in [-0.2, 0) is 0 Å². The van der Waals surface area contributed by atoms with E-state index in [9.17, 15) is 4.91 Å². The topological polar surface area (TPSA) is 135 Å². The van der Waals surface area contributed by atoms with Gasteiger partial charge >= 0.3 is 5.95 Å². The summed E-state index contributed by atoms with van der Waals surface area (Å²) in [7, 11) is 0. The van der Waals surface area contributed by atoms with E-state index in [-0.39, 0.29) is 17.6 Å². The van der Waals surface area contributed by atoms with Crippen LogP contribution in [-0.4, -0.2) is 24.7 Å². The Labute approximate surface area is 87.6 Å². The zero-order chi connectivity index (χ0) is 11.4. The molecular formula is C6H3N9O. The molecule has 0 atom stereocenters. The van der Waals surface area contributed by atoms with E-state index < -0.39 is 0 Å². The first kappa shape index (κ1) is 9.68. The van der Waals surface area contributed by atoms with Crippen LogP contribution in [0, 0.1) is 4.91 Å². The standard InChI is InChI=1S/C6H3N9O/c7-14-11-4-5(9-2-1-8-4)15-3-10-6(12-15)13-16/h1-3H. The van der Waals surface area contributed by atoms with Crippen LogP contribution in [0.25, 0.3) is 16.3 Å². The summed E-state index contributed by atoms with van der Waals surface area (Å²) < 4.78 is 1.15. The molecule has 2 rings (SSSR count). The number of hydrogen-bond donors (Lipinski definition) is 0. The third kappa shape index (κ3) is 1.67. The predicted octanol–water partition coefficient (Wildman–Crippen LogP) is 1.40. The molecule has 0 aliphatic heterocycles. The lowest BCUT2D eigenvalue weighted by molar-refractivity contribution is 0.836. The van der Waals surface area contributed by atoms with Crippen LogP contribution >= 0.6 is 0 Å². The van der Waals surface area contributed by atoms with Gasteiger partial charge in [0.1, 0.15) is 6.33 Å². The van der Waals surface area contributed by atoms with Gasteiger partial charge in [0, 0.05) is 22.5 Å². The Bertz CT molecular complexity index is 569. The molecule has 0 amide bonds. The Balaban J connectivity index is 2.54. The van der Waals surface area contributed by atoms with Crippen LogP contribution in [0.15, 0.2) is 29.0 Å². The molecule has 10 nitrogen and oxygen atoms in total. The minimum atomic E-state index is -0.238. The van der Waals surface area contributed by atoms with Gasteiger partial charge in [0.25, 0.3) is 0 Å². The van der Waals surface area contributed by atoms with E-state index in [0.29, 0.717) is 0 Å². The highest BCUT2D eigenvalue weighted by molar-refractivity contribution is 5.44. The lowest BCUT2D eigenvalue weighted by Gasteiger charge is -1.99. The van der Waals surface area contributed by atoms with Crippen molar-refractivity contribution in [1.82, 2.24) is 24.7 Å². The molecule has 0 N–H and O–H groups in total. The number of azide groups is 1. The van der Waals surface area contributed by atoms with Crippen molar-refractivity contribution in [2.75, 3.05) is 0 Å². The predicted molar refractivity (Wildman–Crippen MR) is 51.2 cm³/mol. The van der Waals surface area contributed by atoms with Crippen molar-refractivity contribution in [3.8, 4) is 5.82 Å². The SMILES string of the molecule is [N-]=[N+]=Nc1nccnc1-n1cnc(N=O)n1. The van der Waals surface area contributed by atoms with E-state index in [2.05, 4.69) is 35.3 Å². The highest BCUT2D eigenvalue weighted by Crippen LogP contribution is 2.17. The lowest BCUT2D eigenvalue weighted by Crippen LogP contribution is -1.98. The van der Waals surface area contributed by atoms with Crippen molar-refractivity contribution >= 4 is 11.8 Å². The normalized spacial score (nSPS) is 9.50. The number of nitroso groups, excluding NO2 is 1. The van der Waals surface area contributed by atoms with Crippen molar-refractivity contribution < 1.29 is 0 Å². The van der Waals surface area contributed by atoms with Gasteiger partial charge in [-0.15, -0.1) is 10.0 Å². The van der Waals surface area contributed by atoms with Crippen molar-refractivity contribution in [2.45, 2.75) is 0 Å². The maximum atomic E-state index is 10.2. The fourth-order valence-corrected chi connectivity index (χ4v) is 0.996. The number of aromatic nitrogens is 5. The maximum Gasteiger partial charge on any atom is 0.309 e. The van der Waals surface area contributed by atoms with Crippen molar-refractivity contribution in [2.24, 2.45) is 10.3 Å². The summed E-state index contributed by atoms with van der Waals surface area (Å²) in [6.07, 6.45) is 3.97. The van der Waals surface area contributed by atoms with E-state index in [1.54, 1.807) is 0 Å². The minimum Gasteiger partial charge on any atom is -0.249 e. The molecule has 2 aromatic rings. The molecule has 0 unspecified atom stereocenters. The highest BCUT2D eigenvalue weighted by Gasteiger charge is 2.08. The fraction of sp³-hybridized carbons (Fsp3) is 0. The Morgan fingerprint density at radius 3 is 2.81 bits per heavy atom. The lowest BCUT2D eigenvalue weighted by atomic mass is 10.6. The molecule has 0 aliphatic carbocycles. The van der Waals surface area contributed by atoms with E-state index in [4.69, 9.17) is 5.53 Å². The summed E-state index contributed by atoms with van der Waals surface area (Å²) in [5.41, 5.74) is 8.32. The van der Waals surface area contributed by atoms with E-state index in [0.717, 1.165) is 4.68 Å². The summed E-state index contributed by atoms with van der Waals surface area (Å²) >= 11 is 0. The van der Waals surface area contributed by atoms with Gasteiger partial charge in [0.05, 0.1) is 0 Å². The van der Waals surface area contributed by atoms with E-state index in [1.165, 1.54) is 18.7 Å². The van der Waals surface area contributed by atoms with Crippen molar-refractivity contribution in [3.63, 3.8) is 0 Å². The Morgan fingerprint density at radius 1 is 1.31 bits per heavy atom. The number of hydrogen-bond acceptors (Lipinski definition) is 7. The van der Waals surface area contributed by atoms with Crippen molar-refractivity contribution in [1.29, 1.82) is 0 Å². The van der Waals surface area contributed by atoms with Gasteiger partial charge in [-0.25, -0.2) is 9.97 Å². The Kier molecular flexibility index (Phi) is 2.48. The molecule has 0 saturated heterocycles. The molecule has 0 radical (unpaired) electrons. The molecule has 0 aliphatic rings. The largest absolute Gasteiger partial charge is 0.309 e. The second-order valence-electron chi connectivity index (χ2n) is 2.47. The first-order valence-electron chi connectivity index (χ1n) is 3.96. The first-order chi connectivity index (χ1) is 7.85. The molecule has 0 aromatic carbocycles. The quantitative estimate of drug-likeness (QED) is 0.331. The second-order valence-corrected chi connectivity index (χ2v) is 2.47. The van der Waals surface area contributed by atoms with E-state index >= 15 is 0 Å². The van der Waals surface area contributed by atoms with Crippen LogP contribution in [0.2, 0.25) is 0 Å². The van der Waals surface area contributed by atoms with Crippen molar-refractivity contribution in [3.05, 3.63) is 34.1 Å². The van der Waals surface area contributed by atoms with Crippen LogP contribution in [0.4, 0.5) is 11.8 Å². The van der Waals surface area contributed by atoms with Gasteiger partial charge in [0.15, 0.2) is 11.6 Å². The molecule has 0 fully saturated rings. The van der Waals surface area contributed by atoms with Gasteiger partial charge in [0.2, 0.25) is 0 Å². The molecular weight excluding hydrogens is 214 g/mol.